The van der Waals surface area contributed by atoms with E-state index in [1.54, 1.807) is 0 Å². The van der Waals surface area contributed by atoms with Gasteiger partial charge in [0.1, 0.15) is 0 Å². The minimum Gasteiger partial charge on any atom is -0.129 e. The molecule has 0 aliphatic rings. The van der Waals surface area contributed by atoms with Crippen molar-refractivity contribution in [3.63, 3.8) is 0 Å². The second-order valence-corrected chi connectivity index (χ2v) is 13.1. The first-order chi connectivity index (χ1) is 18.0. The second kappa shape index (κ2) is 16.9. The molecule has 0 heterocycles. The van der Waals surface area contributed by atoms with Gasteiger partial charge in [0.25, 0.3) is 0 Å². The van der Waals surface area contributed by atoms with E-state index < -0.39 is 0 Å². The molecule has 0 saturated carbocycles. The monoisotopic (exact) mass is 522 g/mol. The molecule has 40 heavy (non-hydrogen) atoms. The molecule has 0 aliphatic heterocycles. The van der Waals surface area contributed by atoms with E-state index in [1.807, 2.05) is 0 Å². The average molecular weight is 523 g/mol. The van der Waals surface area contributed by atoms with Gasteiger partial charge in [-0.15, -0.1) is 82.6 Å². The van der Waals surface area contributed by atoms with Crippen molar-refractivity contribution in [1.29, 1.82) is 0 Å². The van der Waals surface area contributed by atoms with Gasteiger partial charge in [-0.3, -0.25) is 0 Å². The Morgan fingerprint density at radius 1 is 0.475 bits per heavy atom. The fourth-order valence-corrected chi connectivity index (χ4v) is 5.25. The zero-order valence-corrected chi connectivity index (χ0v) is 27.6. The molecule has 0 N–H and O–H groups in total. The van der Waals surface area contributed by atoms with Gasteiger partial charge < -0.3 is 0 Å². The SMILES string of the molecule is CCCCC[C-](c1ccc(C(C)(C)C)cc1)c1cccc([C-](CCCCC)c2ccc(C(C)(C)C)cc2)c1.[Li+].[Li+]. The van der Waals surface area contributed by atoms with Crippen LogP contribution < -0.4 is 37.7 Å². The molecule has 0 radical (unpaired) electrons. The maximum absolute atomic E-state index is 2.47. The number of hydrogen-bond acceptors (Lipinski definition) is 0. The first-order valence-corrected chi connectivity index (χ1v) is 15.1. The first kappa shape index (κ1) is 36.6. The van der Waals surface area contributed by atoms with Crippen LogP contribution in [0.3, 0.4) is 0 Å². The molecular weight excluding hydrogens is 470 g/mol. The molecule has 0 unspecified atom stereocenters. The molecular formula is C38H52Li2. The summed E-state index contributed by atoms with van der Waals surface area (Å²) < 4.78 is 0. The van der Waals surface area contributed by atoms with Crippen LogP contribution in [-0.2, 0) is 10.8 Å². The van der Waals surface area contributed by atoms with Crippen molar-refractivity contribution in [3.05, 3.63) is 118 Å². The van der Waals surface area contributed by atoms with Crippen molar-refractivity contribution in [2.45, 2.75) is 118 Å². The van der Waals surface area contributed by atoms with Crippen LogP contribution in [0.2, 0.25) is 0 Å². The Bertz CT molecular complexity index is 1010. The maximum atomic E-state index is 2.47. The van der Waals surface area contributed by atoms with Crippen LogP contribution in [-0.4, -0.2) is 0 Å². The van der Waals surface area contributed by atoms with Crippen LogP contribution in [0, 0.1) is 11.8 Å². The molecule has 0 amide bonds. The molecule has 3 rings (SSSR count). The van der Waals surface area contributed by atoms with Crippen molar-refractivity contribution in [2.75, 3.05) is 0 Å². The van der Waals surface area contributed by atoms with E-state index in [0.717, 1.165) is 12.8 Å². The van der Waals surface area contributed by atoms with Crippen LogP contribution in [0.4, 0.5) is 0 Å². The zero-order chi connectivity index (χ0) is 27.8. The van der Waals surface area contributed by atoms with Crippen molar-refractivity contribution >= 4 is 0 Å². The fourth-order valence-electron chi connectivity index (χ4n) is 5.25. The van der Waals surface area contributed by atoms with Crippen LogP contribution >= 0.6 is 0 Å². The van der Waals surface area contributed by atoms with Gasteiger partial charge in [-0.05, 0) is 10.8 Å². The van der Waals surface area contributed by atoms with Gasteiger partial charge in [-0.1, -0.05) is 142 Å². The molecule has 0 atom stereocenters. The number of unbranched alkanes of at least 4 members (excludes halogenated alkanes) is 4. The first-order valence-electron chi connectivity index (χ1n) is 15.1. The van der Waals surface area contributed by atoms with Crippen LogP contribution in [0.1, 0.15) is 140 Å². The summed E-state index contributed by atoms with van der Waals surface area (Å²) in [5.41, 5.74) is 8.63. The largest absolute Gasteiger partial charge is 1.00 e. The third-order valence-corrected chi connectivity index (χ3v) is 7.82. The van der Waals surface area contributed by atoms with Gasteiger partial charge in [0.2, 0.25) is 0 Å². The zero-order valence-electron chi connectivity index (χ0n) is 27.6. The molecule has 0 aliphatic carbocycles. The third-order valence-electron chi connectivity index (χ3n) is 7.82. The van der Waals surface area contributed by atoms with E-state index in [0.29, 0.717) is 0 Å². The Hall–Kier alpha value is -1.41. The number of hydrogen-bond donors (Lipinski definition) is 0. The molecule has 2 heteroatoms. The predicted octanol–water partition coefficient (Wildman–Crippen LogP) is 5.39. The smallest absolute Gasteiger partial charge is 0.129 e. The fraction of sp³-hybridized carbons (Fsp3) is 0.474. The average Bonchev–Trinajstić information content (AvgIpc) is 2.88. The van der Waals surface area contributed by atoms with Gasteiger partial charge in [0.05, 0.1) is 0 Å². The molecule has 0 saturated heterocycles. The molecule has 206 valence electrons. The van der Waals surface area contributed by atoms with E-state index in [1.165, 1.54) is 83.7 Å². The van der Waals surface area contributed by atoms with Gasteiger partial charge in [0.15, 0.2) is 0 Å². The Labute approximate surface area is 271 Å². The van der Waals surface area contributed by atoms with Crippen LogP contribution in [0.25, 0.3) is 0 Å². The van der Waals surface area contributed by atoms with Crippen LogP contribution in [0.15, 0.2) is 72.8 Å². The summed E-state index contributed by atoms with van der Waals surface area (Å²) >= 11 is 0. The summed E-state index contributed by atoms with van der Waals surface area (Å²) in [6, 6.07) is 28.1. The summed E-state index contributed by atoms with van der Waals surface area (Å²) in [5, 5.41) is 0. The summed E-state index contributed by atoms with van der Waals surface area (Å²) in [5.74, 6) is 2.97. The Morgan fingerprint density at radius 3 is 1.12 bits per heavy atom. The van der Waals surface area contributed by atoms with Gasteiger partial charge >= 0.3 is 37.7 Å². The maximum Gasteiger partial charge on any atom is 1.00 e. The third kappa shape index (κ3) is 10.5. The van der Waals surface area contributed by atoms with Crippen molar-refractivity contribution in [3.8, 4) is 0 Å². The molecule has 0 spiro atoms. The summed E-state index contributed by atoms with van der Waals surface area (Å²) in [6.07, 6.45) is 9.76. The minimum absolute atomic E-state index is 0. The van der Waals surface area contributed by atoms with Crippen molar-refractivity contribution in [1.82, 2.24) is 0 Å². The summed E-state index contributed by atoms with van der Waals surface area (Å²) in [4.78, 5) is 0. The van der Waals surface area contributed by atoms with E-state index in [2.05, 4.69) is 128 Å². The van der Waals surface area contributed by atoms with E-state index >= 15 is 0 Å². The van der Waals surface area contributed by atoms with Crippen molar-refractivity contribution in [2.24, 2.45) is 0 Å². The summed E-state index contributed by atoms with van der Waals surface area (Å²) in [6.45, 7) is 18.3. The Kier molecular flexibility index (Phi) is 15.5. The Balaban J connectivity index is 0.00000400. The standard InChI is InChI=1S/C38H52.2Li/c1-9-11-13-18-35(29-20-24-33(25-21-29)37(3,4)5)31-16-15-17-32(28-31)36(19-14-12-10-2)30-22-26-34(27-23-30)38(6,7)8;;/h15-17,20-28H,9-14,18-19H2,1-8H3;;/q-2;2*+1. The Morgan fingerprint density at radius 2 is 0.825 bits per heavy atom. The quantitative estimate of drug-likeness (QED) is 0.170. The molecule has 3 aromatic rings. The van der Waals surface area contributed by atoms with Crippen molar-refractivity contribution < 1.29 is 37.7 Å². The molecule has 3 aromatic carbocycles. The molecule has 0 bridgehead atoms. The van der Waals surface area contributed by atoms with Gasteiger partial charge in [-0.25, -0.2) is 0 Å². The topological polar surface area (TPSA) is 0 Å². The predicted molar refractivity (Wildman–Crippen MR) is 168 cm³/mol. The molecule has 0 fully saturated rings. The van der Waals surface area contributed by atoms with Gasteiger partial charge in [0, 0.05) is 0 Å². The van der Waals surface area contributed by atoms with E-state index in [-0.39, 0.29) is 48.6 Å². The van der Waals surface area contributed by atoms with E-state index in [4.69, 9.17) is 0 Å². The number of rotatable bonds is 12. The number of benzene rings is 3. The molecule has 0 aromatic heterocycles. The van der Waals surface area contributed by atoms with E-state index in [9.17, 15) is 0 Å². The molecule has 0 nitrogen and oxygen atoms in total. The van der Waals surface area contributed by atoms with Crippen LogP contribution in [0.5, 0.6) is 0 Å². The normalized spacial score (nSPS) is 11.4. The minimum atomic E-state index is 0. The van der Waals surface area contributed by atoms with Gasteiger partial charge in [-0.2, -0.15) is 0 Å². The second-order valence-electron chi connectivity index (χ2n) is 13.1. The summed E-state index contributed by atoms with van der Waals surface area (Å²) in [7, 11) is 0.